The quantitative estimate of drug-likeness (QED) is 0.659. The fourth-order valence-electron chi connectivity index (χ4n) is 2.25. The second-order valence-corrected chi connectivity index (χ2v) is 6.78. The molecule has 1 saturated heterocycles. The molecule has 1 N–H and O–H groups in total. The summed E-state index contributed by atoms with van der Waals surface area (Å²) in [5.74, 6) is -1.29. The van der Waals surface area contributed by atoms with Gasteiger partial charge >= 0.3 is 5.97 Å². The largest absolute Gasteiger partial charge is 0.478 e. The zero-order valence-corrected chi connectivity index (χ0v) is 14.3. The average Bonchev–Trinajstić information content (AvgIpc) is 2.89. The van der Waals surface area contributed by atoms with Gasteiger partial charge in [0.2, 0.25) is 0 Å². The smallest absolute Gasteiger partial charge is 0.335 e. The number of nitriles is 1. The Morgan fingerprint density at radius 1 is 1.16 bits per heavy atom. The van der Waals surface area contributed by atoms with E-state index in [2.05, 4.69) is 0 Å². The molecule has 7 heteroatoms. The van der Waals surface area contributed by atoms with Gasteiger partial charge in [-0.2, -0.15) is 5.26 Å². The Bertz CT molecular complexity index is 942. The molecule has 1 aliphatic rings. The van der Waals surface area contributed by atoms with Gasteiger partial charge in [-0.3, -0.25) is 9.69 Å². The number of carbonyl (C=O) groups is 2. The summed E-state index contributed by atoms with van der Waals surface area (Å²) < 4.78 is 0.382. The van der Waals surface area contributed by atoms with E-state index < -0.39 is 5.97 Å². The number of thioether (sulfide) groups is 1. The number of nitrogens with zero attached hydrogens (tertiary/aromatic N) is 2. The number of hydrogen-bond donors (Lipinski definition) is 1. The minimum Gasteiger partial charge on any atom is -0.478 e. The van der Waals surface area contributed by atoms with Gasteiger partial charge in [-0.25, -0.2) is 4.79 Å². The summed E-state index contributed by atoms with van der Waals surface area (Å²) in [6, 6.07) is 14.9. The minimum absolute atomic E-state index is 0.141. The lowest BCUT2D eigenvalue weighted by Crippen LogP contribution is -2.27. The monoisotopic (exact) mass is 366 g/mol. The summed E-state index contributed by atoms with van der Waals surface area (Å²) in [7, 11) is 0. The maximum atomic E-state index is 12.6. The van der Waals surface area contributed by atoms with Crippen molar-refractivity contribution in [3.63, 3.8) is 0 Å². The topological polar surface area (TPSA) is 81.4 Å². The third kappa shape index (κ3) is 3.45. The van der Waals surface area contributed by atoms with E-state index in [0.29, 0.717) is 20.5 Å². The van der Waals surface area contributed by atoms with Gasteiger partial charge in [-0.15, -0.1) is 0 Å². The van der Waals surface area contributed by atoms with Crippen LogP contribution in [-0.4, -0.2) is 21.3 Å². The molecular formula is C18H10N2O3S2. The van der Waals surface area contributed by atoms with Crippen LogP contribution >= 0.6 is 24.0 Å². The normalized spacial score (nSPS) is 15.5. The lowest BCUT2D eigenvalue weighted by molar-refractivity contribution is -0.113. The third-order valence-electron chi connectivity index (χ3n) is 3.50. The highest BCUT2D eigenvalue weighted by Crippen LogP contribution is 2.36. The average molecular weight is 366 g/mol. The van der Waals surface area contributed by atoms with Crippen LogP contribution < -0.4 is 4.90 Å². The molecule has 2 aromatic carbocycles. The lowest BCUT2D eigenvalue weighted by atomic mass is 10.1. The Balaban J connectivity index is 1.87. The SMILES string of the molecule is N#Cc1ccc(C=C2SC(=S)N(c3ccc(C(=O)O)cc3)C2=O)cc1. The molecule has 0 saturated carbocycles. The molecule has 0 atom stereocenters. The number of benzene rings is 2. The highest BCUT2D eigenvalue weighted by Gasteiger charge is 2.33. The summed E-state index contributed by atoms with van der Waals surface area (Å²) >= 11 is 6.46. The summed E-state index contributed by atoms with van der Waals surface area (Å²) in [6.45, 7) is 0. The molecule has 0 aromatic heterocycles. The van der Waals surface area contributed by atoms with Gasteiger partial charge in [0, 0.05) is 0 Å². The van der Waals surface area contributed by atoms with Gasteiger partial charge in [0.25, 0.3) is 5.91 Å². The second kappa shape index (κ2) is 6.89. The minimum atomic E-state index is -1.03. The number of amides is 1. The van der Waals surface area contributed by atoms with E-state index in [1.807, 2.05) is 6.07 Å². The van der Waals surface area contributed by atoms with Crippen LogP contribution in [0, 0.1) is 11.3 Å². The number of carboxylic acids is 1. The first-order valence-corrected chi connectivity index (χ1v) is 8.33. The van der Waals surface area contributed by atoms with E-state index in [1.54, 1.807) is 42.5 Å². The molecule has 1 amide bonds. The van der Waals surface area contributed by atoms with Crippen LogP contribution in [0.25, 0.3) is 6.08 Å². The van der Waals surface area contributed by atoms with E-state index in [-0.39, 0.29) is 11.5 Å². The fraction of sp³-hybridized carbons (Fsp3) is 0. The van der Waals surface area contributed by atoms with E-state index in [1.165, 1.54) is 28.8 Å². The highest BCUT2D eigenvalue weighted by molar-refractivity contribution is 8.27. The number of carbonyl (C=O) groups excluding carboxylic acids is 1. The molecule has 25 heavy (non-hydrogen) atoms. The number of hydrogen-bond acceptors (Lipinski definition) is 5. The summed E-state index contributed by atoms with van der Waals surface area (Å²) in [4.78, 5) is 25.4. The lowest BCUT2D eigenvalue weighted by Gasteiger charge is -2.14. The van der Waals surface area contributed by atoms with Crippen LogP contribution in [0.4, 0.5) is 5.69 Å². The van der Waals surface area contributed by atoms with Gasteiger partial charge in [0.05, 0.1) is 27.8 Å². The Labute approximate surface area is 153 Å². The van der Waals surface area contributed by atoms with Crippen LogP contribution in [0.15, 0.2) is 53.4 Å². The molecule has 1 heterocycles. The zero-order chi connectivity index (χ0) is 18.0. The number of aromatic carboxylic acids is 1. The maximum Gasteiger partial charge on any atom is 0.335 e. The third-order valence-corrected chi connectivity index (χ3v) is 4.81. The molecule has 3 rings (SSSR count). The predicted molar refractivity (Wildman–Crippen MR) is 100 cm³/mol. The molecule has 1 fully saturated rings. The maximum absolute atomic E-state index is 12.6. The molecule has 0 bridgehead atoms. The Hall–Kier alpha value is -2.95. The summed E-state index contributed by atoms with van der Waals surface area (Å²) in [5, 5.41) is 17.8. The van der Waals surface area contributed by atoms with Crippen molar-refractivity contribution in [2.75, 3.05) is 4.90 Å². The van der Waals surface area contributed by atoms with Gasteiger partial charge in [-0.1, -0.05) is 36.1 Å². The van der Waals surface area contributed by atoms with Crippen molar-refractivity contribution in [1.29, 1.82) is 5.26 Å². The Morgan fingerprint density at radius 3 is 2.36 bits per heavy atom. The first-order valence-electron chi connectivity index (χ1n) is 7.11. The number of rotatable bonds is 3. The Morgan fingerprint density at radius 2 is 1.80 bits per heavy atom. The molecule has 122 valence electrons. The summed E-state index contributed by atoms with van der Waals surface area (Å²) in [6.07, 6.45) is 1.71. The van der Waals surface area contributed by atoms with Crippen molar-refractivity contribution in [2.45, 2.75) is 0 Å². The van der Waals surface area contributed by atoms with E-state index in [4.69, 9.17) is 22.6 Å². The zero-order valence-electron chi connectivity index (χ0n) is 12.7. The van der Waals surface area contributed by atoms with Crippen LogP contribution in [0.2, 0.25) is 0 Å². The standard InChI is InChI=1S/C18H10N2O3S2/c19-10-12-3-1-11(2-4-12)9-15-16(21)20(18(24)25-15)14-7-5-13(6-8-14)17(22)23/h1-9H,(H,22,23). The van der Waals surface area contributed by atoms with Crippen molar-refractivity contribution < 1.29 is 14.7 Å². The molecule has 5 nitrogen and oxygen atoms in total. The van der Waals surface area contributed by atoms with E-state index >= 15 is 0 Å². The Kier molecular flexibility index (Phi) is 4.65. The van der Waals surface area contributed by atoms with E-state index in [0.717, 1.165) is 5.56 Å². The van der Waals surface area contributed by atoms with Crippen LogP contribution in [0.1, 0.15) is 21.5 Å². The van der Waals surface area contributed by atoms with Crippen molar-refractivity contribution in [2.24, 2.45) is 0 Å². The number of anilines is 1. The van der Waals surface area contributed by atoms with Crippen LogP contribution in [0.3, 0.4) is 0 Å². The van der Waals surface area contributed by atoms with Crippen molar-refractivity contribution in [1.82, 2.24) is 0 Å². The second-order valence-electron chi connectivity index (χ2n) is 5.10. The van der Waals surface area contributed by atoms with Crippen LogP contribution in [0.5, 0.6) is 0 Å². The van der Waals surface area contributed by atoms with Gasteiger partial charge in [-0.05, 0) is 48.0 Å². The van der Waals surface area contributed by atoms with Gasteiger partial charge < -0.3 is 5.11 Å². The molecule has 2 aromatic rings. The van der Waals surface area contributed by atoms with Gasteiger partial charge in [0.1, 0.15) is 0 Å². The molecule has 1 aliphatic heterocycles. The molecule has 0 unspecified atom stereocenters. The van der Waals surface area contributed by atoms with Crippen molar-refractivity contribution in [3.8, 4) is 6.07 Å². The molecule has 0 radical (unpaired) electrons. The van der Waals surface area contributed by atoms with Crippen molar-refractivity contribution in [3.05, 3.63) is 70.1 Å². The number of carboxylic acid groups (broad SMARTS) is 1. The fourth-order valence-corrected chi connectivity index (χ4v) is 3.55. The molecule has 0 aliphatic carbocycles. The first-order chi connectivity index (χ1) is 12.0. The number of thiocarbonyl (C=S) groups is 1. The predicted octanol–water partition coefficient (Wildman–Crippen LogP) is 3.66. The first kappa shape index (κ1) is 16.9. The van der Waals surface area contributed by atoms with Gasteiger partial charge in [0.15, 0.2) is 4.32 Å². The van der Waals surface area contributed by atoms with E-state index in [9.17, 15) is 9.59 Å². The van der Waals surface area contributed by atoms with Crippen LogP contribution in [-0.2, 0) is 4.79 Å². The highest BCUT2D eigenvalue weighted by atomic mass is 32.2. The molecular weight excluding hydrogens is 356 g/mol. The molecule has 0 spiro atoms. The van der Waals surface area contributed by atoms with Crippen molar-refractivity contribution >= 4 is 51.9 Å². The summed E-state index contributed by atoms with van der Waals surface area (Å²) in [5.41, 5.74) is 2.00.